The average Bonchev–Trinajstić information content (AvgIpc) is 2.88. The number of amides is 1. The van der Waals surface area contributed by atoms with E-state index >= 15 is 0 Å². The lowest BCUT2D eigenvalue weighted by molar-refractivity contribution is 0.0698. The molecule has 0 bridgehead atoms. The van der Waals surface area contributed by atoms with Crippen molar-refractivity contribution in [1.29, 1.82) is 0 Å². The van der Waals surface area contributed by atoms with E-state index in [4.69, 9.17) is 11.6 Å². The minimum atomic E-state index is -3.66. The van der Waals surface area contributed by atoms with Crippen LogP contribution in [-0.4, -0.2) is 54.7 Å². The molecule has 4 aromatic rings. The first-order chi connectivity index (χ1) is 16.8. The van der Waals surface area contributed by atoms with Crippen molar-refractivity contribution in [3.63, 3.8) is 0 Å². The Labute approximate surface area is 222 Å². The Kier molecular flexibility index (Phi) is 7.66. The van der Waals surface area contributed by atoms with Gasteiger partial charge in [-0.3, -0.25) is 9.78 Å². The second-order valence-electron chi connectivity index (χ2n) is 8.61. The standard InChI is InChI=1S/C27H24ClN3O3S.ClH/c1-19-16-24(10-11-29-19)20-2-4-21(5-3-20)27(32)30-12-14-31(15-13-30)35(33,34)26-9-7-22-17-25(28)8-6-23(22)18-26;/h2-11,16-18H,12-15H2,1H3;1H. The molecule has 5 rings (SSSR count). The van der Waals surface area contributed by atoms with Crippen molar-refractivity contribution in [3.05, 3.63) is 95.3 Å². The molecule has 9 heteroatoms. The van der Waals surface area contributed by atoms with Crippen LogP contribution < -0.4 is 0 Å². The van der Waals surface area contributed by atoms with Gasteiger partial charge in [0.15, 0.2) is 0 Å². The van der Waals surface area contributed by atoms with E-state index in [9.17, 15) is 13.2 Å². The molecule has 2 heterocycles. The van der Waals surface area contributed by atoms with Crippen molar-refractivity contribution in [2.45, 2.75) is 11.8 Å². The first-order valence-electron chi connectivity index (χ1n) is 11.3. The first kappa shape index (κ1) is 26.1. The summed E-state index contributed by atoms with van der Waals surface area (Å²) in [4.78, 5) is 19.2. The molecule has 0 aliphatic carbocycles. The Hall–Kier alpha value is -2.97. The van der Waals surface area contributed by atoms with Crippen LogP contribution in [0.3, 0.4) is 0 Å². The van der Waals surface area contributed by atoms with Gasteiger partial charge >= 0.3 is 0 Å². The Bertz CT molecular complexity index is 1520. The summed E-state index contributed by atoms with van der Waals surface area (Å²) in [5, 5.41) is 2.31. The first-order valence-corrected chi connectivity index (χ1v) is 13.1. The van der Waals surface area contributed by atoms with Crippen molar-refractivity contribution in [2.24, 2.45) is 0 Å². The molecule has 1 aromatic heterocycles. The molecular weight excluding hydrogens is 517 g/mol. The maximum Gasteiger partial charge on any atom is 0.253 e. The molecule has 36 heavy (non-hydrogen) atoms. The van der Waals surface area contributed by atoms with Gasteiger partial charge < -0.3 is 4.90 Å². The number of pyridine rings is 1. The lowest BCUT2D eigenvalue weighted by Gasteiger charge is -2.34. The zero-order valence-electron chi connectivity index (χ0n) is 19.6. The van der Waals surface area contributed by atoms with Gasteiger partial charge in [0.1, 0.15) is 0 Å². The number of piperazine rings is 1. The fourth-order valence-electron chi connectivity index (χ4n) is 4.35. The molecule has 1 amide bonds. The van der Waals surface area contributed by atoms with E-state index in [1.807, 2.05) is 55.5 Å². The number of carbonyl (C=O) groups is 1. The maximum absolute atomic E-state index is 13.2. The normalized spacial score (nSPS) is 14.4. The average molecular weight is 542 g/mol. The predicted molar refractivity (Wildman–Crippen MR) is 145 cm³/mol. The van der Waals surface area contributed by atoms with Crippen molar-refractivity contribution in [1.82, 2.24) is 14.2 Å². The van der Waals surface area contributed by atoms with Gasteiger partial charge in [-0.25, -0.2) is 8.42 Å². The summed E-state index contributed by atoms with van der Waals surface area (Å²) >= 11 is 6.03. The van der Waals surface area contributed by atoms with Gasteiger partial charge in [0, 0.05) is 48.7 Å². The molecule has 186 valence electrons. The second kappa shape index (κ2) is 10.6. The third-order valence-corrected chi connectivity index (χ3v) is 8.43. The summed E-state index contributed by atoms with van der Waals surface area (Å²) in [5.74, 6) is -0.0953. The van der Waals surface area contributed by atoms with Crippen molar-refractivity contribution >= 4 is 50.7 Å². The fourth-order valence-corrected chi connectivity index (χ4v) is 5.99. The third kappa shape index (κ3) is 5.25. The molecule has 0 atom stereocenters. The predicted octanol–water partition coefficient (Wildman–Crippen LogP) is 5.43. The van der Waals surface area contributed by atoms with Gasteiger partial charge in [-0.05, 0) is 77.4 Å². The Morgan fingerprint density at radius 1 is 0.833 bits per heavy atom. The van der Waals surface area contributed by atoms with Crippen LogP contribution in [0, 0.1) is 6.92 Å². The highest BCUT2D eigenvalue weighted by Crippen LogP contribution is 2.26. The molecule has 6 nitrogen and oxygen atoms in total. The molecule has 1 saturated heterocycles. The number of benzene rings is 3. The Balaban J connectivity index is 0.00000304. The van der Waals surface area contributed by atoms with Crippen molar-refractivity contribution < 1.29 is 13.2 Å². The number of sulfonamides is 1. The van der Waals surface area contributed by atoms with Crippen LogP contribution in [0.2, 0.25) is 5.02 Å². The fraction of sp³-hybridized carbons (Fsp3) is 0.185. The molecule has 0 spiro atoms. The molecule has 3 aromatic carbocycles. The van der Waals surface area contributed by atoms with E-state index in [-0.39, 0.29) is 36.3 Å². The Morgan fingerprint density at radius 2 is 1.50 bits per heavy atom. The van der Waals surface area contributed by atoms with E-state index in [0.29, 0.717) is 23.7 Å². The largest absolute Gasteiger partial charge is 0.336 e. The van der Waals surface area contributed by atoms with Gasteiger partial charge in [0.2, 0.25) is 10.0 Å². The summed E-state index contributed by atoms with van der Waals surface area (Å²) in [6.45, 7) is 3.12. The van der Waals surface area contributed by atoms with Gasteiger partial charge in [-0.2, -0.15) is 4.31 Å². The lowest BCUT2D eigenvalue weighted by Crippen LogP contribution is -2.50. The van der Waals surface area contributed by atoms with Crippen LogP contribution >= 0.6 is 24.0 Å². The van der Waals surface area contributed by atoms with Crippen LogP contribution in [0.5, 0.6) is 0 Å². The van der Waals surface area contributed by atoms with E-state index in [0.717, 1.165) is 27.6 Å². The minimum absolute atomic E-state index is 0. The van der Waals surface area contributed by atoms with Crippen molar-refractivity contribution in [3.8, 4) is 11.1 Å². The SMILES string of the molecule is Cc1cc(-c2ccc(C(=O)N3CCN(S(=O)(=O)c4ccc5cc(Cl)ccc5c4)CC3)cc2)ccn1.Cl. The zero-order valence-corrected chi connectivity index (χ0v) is 22.0. The number of aromatic nitrogens is 1. The molecule has 0 N–H and O–H groups in total. The molecule has 1 fully saturated rings. The van der Waals surface area contributed by atoms with Crippen LogP contribution in [0.1, 0.15) is 16.1 Å². The quantitative estimate of drug-likeness (QED) is 0.345. The number of hydrogen-bond donors (Lipinski definition) is 0. The molecule has 1 aliphatic heterocycles. The van der Waals surface area contributed by atoms with E-state index in [2.05, 4.69) is 4.98 Å². The number of rotatable bonds is 4. The van der Waals surface area contributed by atoms with Crippen LogP contribution in [0.25, 0.3) is 21.9 Å². The van der Waals surface area contributed by atoms with Gasteiger partial charge in [-0.1, -0.05) is 35.9 Å². The monoisotopic (exact) mass is 541 g/mol. The third-order valence-electron chi connectivity index (χ3n) is 6.30. The maximum atomic E-state index is 13.2. The highest BCUT2D eigenvalue weighted by molar-refractivity contribution is 7.89. The highest BCUT2D eigenvalue weighted by atomic mass is 35.5. The van der Waals surface area contributed by atoms with E-state index in [1.165, 1.54) is 4.31 Å². The van der Waals surface area contributed by atoms with Crippen molar-refractivity contribution in [2.75, 3.05) is 26.2 Å². The topological polar surface area (TPSA) is 70.6 Å². The summed E-state index contributed by atoms with van der Waals surface area (Å²) in [6.07, 6.45) is 1.77. The smallest absolute Gasteiger partial charge is 0.253 e. The van der Waals surface area contributed by atoms with Gasteiger partial charge in [0.25, 0.3) is 5.91 Å². The number of halogens is 2. The van der Waals surface area contributed by atoms with Crippen LogP contribution in [-0.2, 0) is 10.0 Å². The van der Waals surface area contributed by atoms with Crippen LogP contribution in [0.15, 0.2) is 83.9 Å². The molecule has 1 aliphatic rings. The summed E-state index contributed by atoms with van der Waals surface area (Å²) < 4.78 is 27.9. The second-order valence-corrected chi connectivity index (χ2v) is 11.0. The van der Waals surface area contributed by atoms with E-state index < -0.39 is 10.0 Å². The molecule has 0 saturated carbocycles. The number of fused-ring (bicyclic) bond motifs is 1. The highest BCUT2D eigenvalue weighted by Gasteiger charge is 2.30. The number of aryl methyl sites for hydroxylation is 1. The number of nitrogens with zero attached hydrogens (tertiary/aromatic N) is 3. The Morgan fingerprint density at radius 3 is 2.19 bits per heavy atom. The summed E-state index contributed by atoms with van der Waals surface area (Å²) in [7, 11) is -3.66. The number of hydrogen-bond acceptors (Lipinski definition) is 4. The summed E-state index contributed by atoms with van der Waals surface area (Å²) in [6, 6.07) is 21.8. The summed E-state index contributed by atoms with van der Waals surface area (Å²) in [5.41, 5.74) is 3.58. The van der Waals surface area contributed by atoms with E-state index in [1.54, 1.807) is 35.4 Å². The molecule has 0 unspecified atom stereocenters. The zero-order chi connectivity index (χ0) is 24.6. The molecular formula is C27H25Cl2N3O3S. The van der Waals surface area contributed by atoms with Crippen LogP contribution in [0.4, 0.5) is 0 Å². The lowest BCUT2D eigenvalue weighted by atomic mass is 10.0. The van der Waals surface area contributed by atoms with Gasteiger partial charge in [0.05, 0.1) is 4.90 Å². The minimum Gasteiger partial charge on any atom is -0.336 e. The van der Waals surface area contributed by atoms with Gasteiger partial charge in [-0.15, -0.1) is 12.4 Å². The molecule has 0 radical (unpaired) electrons. The number of carbonyl (C=O) groups excluding carboxylic acids is 1.